The molecule has 0 bridgehead atoms. The van der Waals surface area contributed by atoms with Crippen molar-refractivity contribution in [2.24, 2.45) is 5.92 Å². The highest BCUT2D eigenvalue weighted by atomic mass is 15.0. The zero-order valence-electron chi connectivity index (χ0n) is 34.5. The number of benzene rings is 8. The molecule has 3 heteroatoms. The minimum atomic E-state index is 0.531. The molecular formula is C59H43N3. The molecule has 0 saturated carbocycles. The Labute approximate surface area is 363 Å². The molecule has 3 nitrogen and oxygen atoms in total. The number of fused-ring (bicyclic) bond motifs is 3. The fraction of sp³-hybridized carbons (Fsp3) is 0.0508. The highest BCUT2D eigenvalue weighted by molar-refractivity contribution is 5.91. The third-order valence-electron chi connectivity index (χ3n) is 12.2. The summed E-state index contributed by atoms with van der Waals surface area (Å²) < 4.78 is 2.43. The monoisotopic (exact) mass is 793 g/mol. The Morgan fingerprint density at radius 3 is 1.39 bits per heavy atom. The highest BCUT2D eigenvalue weighted by Crippen LogP contribution is 2.38. The van der Waals surface area contributed by atoms with Gasteiger partial charge >= 0.3 is 0 Å². The molecule has 0 radical (unpaired) electrons. The number of rotatable bonds is 8. The van der Waals surface area contributed by atoms with Crippen molar-refractivity contribution in [1.29, 1.82) is 0 Å². The molecule has 0 amide bonds. The van der Waals surface area contributed by atoms with E-state index in [2.05, 4.69) is 212 Å². The van der Waals surface area contributed by atoms with Gasteiger partial charge in [0.15, 0.2) is 5.82 Å². The summed E-state index contributed by atoms with van der Waals surface area (Å²) in [5.41, 5.74) is 19.4. The summed E-state index contributed by atoms with van der Waals surface area (Å²) in [6.07, 6.45) is 5.72. The van der Waals surface area contributed by atoms with Crippen molar-refractivity contribution in [2.75, 3.05) is 0 Å². The van der Waals surface area contributed by atoms with E-state index in [1.165, 1.54) is 61.2 Å². The number of hydrogen-bond donors (Lipinski definition) is 0. The van der Waals surface area contributed by atoms with Gasteiger partial charge in [0.25, 0.3) is 0 Å². The van der Waals surface area contributed by atoms with E-state index in [0.29, 0.717) is 11.7 Å². The number of aromatic nitrogens is 3. The molecule has 0 aliphatic heterocycles. The van der Waals surface area contributed by atoms with Crippen LogP contribution < -0.4 is 0 Å². The lowest BCUT2D eigenvalue weighted by Crippen LogP contribution is -2.05. The second-order valence-corrected chi connectivity index (χ2v) is 16.3. The van der Waals surface area contributed by atoms with Gasteiger partial charge < -0.3 is 4.57 Å². The van der Waals surface area contributed by atoms with Gasteiger partial charge in [-0.15, -0.1) is 0 Å². The van der Waals surface area contributed by atoms with Gasteiger partial charge in [-0.25, -0.2) is 9.97 Å². The molecule has 0 spiro atoms. The molecule has 1 aliphatic carbocycles. The fourth-order valence-electron chi connectivity index (χ4n) is 8.96. The van der Waals surface area contributed by atoms with Crippen LogP contribution in [-0.2, 0) is 6.42 Å². The SMILES string of the molecule is CC1C=Cc2c(c3ccccc3n2-c2ccc(-c3cc(-c4ccc(-c5ccccc5)cc4)cc(-c4ccc(-c5cc(-c6ccccc6)nc(-c6ccccc6)n5)cc4)c3)cc2)C1. The van der Waals surface area contributed by atoms with Gasteiger partial charge in [0, 0.05) is 33.5 Å². The quantitative estimate of drug-likeness (QED) is 0.153. The van der Waals surface area contributed by atoms with E-state index in [1.54, 1.807) is 0 Å². The fourth-order valence-corrected chi connectivity index (χ4v) is 8.96. The number of hydrogen-bond acceptors (Lipinski definition) is 2. The van der Waals surface area contributed by atoms with Crippen LogP contribution in [0.1, 0.15) is 18.2 Å². The van der Waals surface area contributed by atoms with E-state index in [1.807, 2.05) is 24.3 Å². The maximum absolute atomic E-state index is 5.09. The Morgan fingerprint density at radius 1 is 0.403 bits per heavy atom. The van der Waals surface area contributed by atoms with Gasteiger partial charge in [-0.05, 0) is 111 Å². The van der Waals surface area contributed by atoms with Crippen molar-refractivity contribution in [2.45, 2.75) is 13.3 Å². The van der Waals surface area contributed by atoms with E-state index in [4.69, 9.17) is 9.97 Å². The maximum atomic E-state index is 5.09. The molecule has 11 rings (SSSR count). The van der Waals surface area contributed by atoms with Gasteiger partial charge in [0.2, 0.25) is 0 Å². The van der Waals surface area contributed by atoms with E-state index in [9.17, 15) is 0 Å². The maximum Gasteiger partial charge on any atom is 0.160 e. The largest absolute Gasteiger partial charge is 0.310 e. The normalized spacial score (nSPS) is 13.3. The number of para-hydroxylation sites is 1. The summed E-state index contributed by atoms with van der Waals surface area (Å²) in [4.78, 5) is 10.1. The van der Waals surface area contributed by atoms with Gasteiger partial charge in [-0.3, -0.25) is 0 Å². The Balaban J connectivity index is 0.988. The van der Waals surface area contributed by atoms with Crippen molar-refractivity contribution in [1.82, 2.24) is 14.5 Å². The van der Waals surface area contributed by atoms with Crippen LogP contribution in [0.15, 0.2) is 218 Å². The predicted octanol–water partition coefficient (Wildman–Crippen LogP) is 15.3. The van der Waals surface area contributed by atoms with Gasteiger partial charge in [-0.1, -0.05) is 183 Å². The molecule has 2 aromatic heterocycles. The van der Waals surface area contributed by atoms with Crippen LogP contribution in [-0.4, -0.2) is 14.5 Å². The van der Waals surface area contributed by atoms with Gasteiger partial charge in [0.05, 0.1) is 16.9 Å². The third-order valence-corrected chi connectivity index (χ3v) is 12.2. The number of allylic oxidation sites excluding steroid dienone is 1. The topological polar surface area (TPSA) is 30.7 Å². The first-order valence-corrected chi connectivity index (χ1v) is 21.4. The first-order chi connectivity index (χ1) is 30.6. The van der Waals surface area contributed by atoms with Crippen LogP contribution in [0.3, 0.4) is 0 Å². The summed E-state index contributed by atoms with van der Waals surface area (Å²) in [6.45, 7) is 2.30. The van der Waals surface area contributed by atoms with Crippen LogP contribution in [0.2, 0.25) is 0 Å². The Kier molecular flexibility index (Phi) is 9.55. The molecule has 1 aliphatic rings. The molecule has 0 saturated heterocycles. The van der Waals surface area contributed by atoms with Crippen molar-refractivity contribution < 1.29 is 0 Å². The smallest absolute Gasteiger partial charge is 0.160 e. The molecule has 2 heterocycles. The molecule has 0 N–H and O–H groups in total. The van der Waals surface area contributed by atoms with E-state index in [-0.39, 0.29) is 0 Å². The van der Waals surface area contributed by atoms with E-state index >= 15 is 0 Å². The number of nitrogens with zero attached hydrogens (tertiary/aromatic N) is 3. The summed E-state index contributed by atoms with van der Waals surface area (Å²) >= 11 is 0. The Hall–Kier alpha value is -7.88. The summed E-state index contributed by atoms with van der Waals surface area (Å²) in [7, 11) is 0. The molecule has 8 aromatic carbocycles. The molecule has 1 atom stereocenters. The standard InChI is InChI=1S/C59H43N3/c1-40-21-34-58-54(35-40)53-19-11-12-20-57(53)62(58)52-32-30-45(31-33-52)51-37-49(43-24-22-42(23-25-43)41-13-5-2-6-14-41)36-50(38-51)44-26-28-47(29-27-44)56-39-55(46-15-7-3-8-16-46)60-59(61-56)48-17-9-4-10-18-48/h2-34,36-40H,35H2,1H3. The molecule has 294 valence electrons. The molecule has 10 aromatic rings. The first-order valence-electron chi connectivity index (χ1n) is 21.4. The lowest BCUT2D eigenvalue weighted by atomic mass is 9.92. The van der Waals surface area contributed by atoms with Gasteiger partial charge in [0.1, 0.15) is 0 Å². The van der Waals surface area contributed by atoms with Crippen LogP contribution in [0.5, 0.6) is 0 Å². The first kappa shape index (κ1) is 37.1. The molecule has 1 unspecified atom stereocenters. The Morgan fingerprint density at radius 2 is 0.823 bits per heavy atom. The van der Waals surface area contributed by atoms with Gasteiger partial charge in [-0.2, -0.15) is 0 Å². The van der Waals surface area contributed by atoms with Crippen LogP contribution in [0.25, 0.3) is 101 Å². The van der Waals surface area contributed by atoms with Crippen molar-refractivity contribution in [3.8, 4) is 84.1 Å². The molecule has 0 fully saturated rings. The lowest BCUT2D eigenvalue weighted by Gasteiger charge is -2.16. The second kappa shape index (κ2) is 15.9. The lowest BCUT2D eigenvalue weighted by molar-refractivity contribution is 0.718. The van der Waals surface area contributed by atoms with E-state index < -0.39 is 0 Å². The average molecular weight is 794 g/mol. The molecule has 62 heavy (non-hydrogen) atoms. The van der Waals surface area contributed by atoms with Crippen molar-refractivity contribution in [3.05, 3.63) is 230 Å². The zero-order chi connectivity index (χ0) is 41.4. The van der Waals surface area contributed by atoms with Crippen molar-refractivity contribution >= 4 is 17.0 Å². The van der Waals surface area contributed by atoms with Crippen LogP contribution in [0, 0.1) is 5.92 Å². The average Bonchev–Trinajstić information content (AvgIpc) is 3.68. The second-order valence-electron chi connectivity index (χ2n) is 16.3. The minimum absolute atomic E-state index is 0.531. The summed E-state index contributed by atoms with van der Waals surface area (Å²) in [6, 6.07) is 75.9. The molecular weight excluding hydrogens is 751 g/mol. The third kappa shape index (κ3) is 7.14. The van der Waals surface area contributed by atoms with Crippen LogP contribution >= 0.6 is 0 Å². The minimum Gasteiger partial charge on any atom is -0.310 e. The summed E-state index contributed by atoms with van der Waals surface area (Å²) in [5, 5.41) is 1.34. The van der Waals surface area contributed by atoms with E-state index in [0.717, 1.165) is 45.6 Å². The Bertz CT molecular complexity index is 3160. The summed E-state index contributed by atoms with van der Waals surface area (Å²) in [5.74, 6) is 1.24. The van der Waals surface area contributed by atoms with Crippen molar-refractivity contribution in [3.63, 3.8) is 0 Å². The zero-order valence-corrected chi connectivity index (χ0v) is 34.5. The van der Waals surface area contributed by atoms with Crippen LogP contribution in [0.4, 0.5) is 0 Å². The predicted molar refractivity (Wildman–Crippen MR) is 259 cm³/mol. The highest BCUT2D eigenvalue weighted by Gasteiger charge is 2.21.